The Labute approximate surface area is 117 Å². The fourth-order valence-corrected chi connectivity index (χ4v) is 2.66. The lowest BCUT2D eigenvalue weighted by Crippen LogP contribution is -2.18. The molecule has 2 aromatic rings. The molecule has 0 aliphatic rings. The molecule has 1 atom stereocenters. The van der Waals surface area contributed by atoms with E-state index in [0.717, 1.165) is 17.1 Å². The van der Waals surface area contributed by atoms with Crippen LogP contribution in [0.25, 0.3) is 0 Å². The molecular formula is C15H18N2OS. The Hall–Kier alpha value is -1.65. The van der Waals surface area contributed by atoms with Crippen LogP contribution in [0.5, 0.6) is 0 Å². The smallest absolute Gasteiger partial charge is 0.221 e. The third kappa shape index (κ3) is 3.91. The molecule has 0 unspecified atom stereocenters. The molecule has 2 N–H and O–H groups in total. The number of amides is 1. The molecule has 1 aromatic carbocycles. The highest BCUT2D eigenvalue weighted by molar-refractivity contribution is 7.10. The van der Waals surface area contributed by atoms with Gasteiger partial charge in [0.2, 0.25) is 5.91 Å². The first-order chi connectivity index (χ1) is 9.16. The van der Waals surface area contributed by atoms with Crippen molar-refractivity contribution in [1.29, 1.82) is 0 Å². The lowest BCUT2D eigenvalue weighted by Gasteiger charge is -2.14. The van der Waals surface area contributed by atoms with E-state index < -0.39 is 0 Å². The average molecular weight is 274 g/mol. The number of hydrogen-bond donors (Lipinski definition) is 2. The Morgan fingerprint density at radius 2 is 2.00 bits per heavy atom. The number of benzene rings is 1. The maximum Gasteiger partial charge on any atom is 0.221 e. The first-order valence-electron chi connectivity index (χ1n) is 6.29. The van der Waals surface area contributed by atoms with Crippen molar-refractivity contribution in [3.05, 3.63) is 52.2 Å². The molecule has 1 heterocycles. The molecule has 0 saturated heterocycles. The molecule has 100 valence electrons. The van der Waals surface area contributed by atoms with Crippen LogP contribution in [0, 0.1) is 0 Å². The minimum Gasteiger partial charge on any atom is -0.325 e. The van der Waals surface area contributed by atoms with Crippen molar-refractivity contribution in [2.75, 3.05) is 5.32 Å². The summed E-state index contributed by atoms with van der Waals surface area (Å²) in [6.07, 6.45) is 0. The van der Waals surface area contributed by atoms with Crippen LogP contribution in [-0.4, -0.2) is 5.91 Å². The zero-order valence-corrected chi connectivity index (χ0v) is 12.0. The second kappa shape index (κ2) is 6.50. The monoisotopic (exact) mass is 274 g/mol. The molecule has 0 spiro atoms. The van der Waals surface area contributed by atoms with Crippen LogP contribution in [0.3, 0.4) is 0 Å². The number of anilines is 1. The minimum absolute atomic E-state index is 0.0317. The van der Waals surface area contributed by atoms with E-state index in [-0.39, 0.29) is 11.9 Å². The molecule has 3 nitrogen and oxygen atoms in total. The van der Waals surface area contributed by atoms with Gasteiger partial charge in [0, 0.05) is 24.4 Å². The summed E-state index contributed by atoms with van der Waals surface area (Å²) in [7, 11) is 0. The van der Waals surface area contributed by atoms with Gasteiger partial charge in [-0.25, -0.2) is 0 Å². The SMILES string of the molecule is CC(=O)Nc1ccsc1CN[C@H](C)c1ccccc1. The second-order valence-electron chi connectivity index (χ2n) is 4.45. The highest BCUT2D eigenvalue weighted by Gasteiger charge is 2.08. The molecule has 0 aliphatic carbocycles. The normalized spacial score (nSPS) is 12.1. The summed E-state index contributed by atoms with van der Waals surface area (Å²) in [6, 6.07) is 12.6. The van der Waals surface area contributed by atoms with Gasteiger partial charge in [0.1, 0.15) is 0 Å². The number of rotatable bonds is 5. The molecule has 1 aromatic heterocycles. The zero-order chi connectivity index (χ0) is 13.7. The van der Waals surface area contributed by atoms with Gasteiger partial charge in [-0.05, 0) is 23.9 Å². The van der Waals surface area contributed by atoms with E-state index in [1.165, 1.54) is 12.5 Å². The van der Waals surface area contributed by atoms with Crippen molar-refractivity contribution in [3.63, 3.8) is 0 Å². The van der Waals surface area contributed by atoms with E-state index in [0.29, 0.717) is 0 Å². The Bertz CT molecular complexity index is 536. The Morgan fingerprint density at radius 3 is 2.68 bits per heavy atom. The van der Waals surface area contributed by atoms with Crippen molar-refractivity contribution >= 4 is 22.9 Å². The number of carbonyl (C=O) groups excluding carboxylic acids is 1. The number of thiophene rings is 1. The van der Waals surface area contributed by atoms with Gasteiger partial charge in [-0.3, -0.25) is 4.79 Å². The topological polar surface area (TPSA) is 41.1 Å². The fraction of sp³-hybridized carbons (Fsp3) is 0.267. The number of nitrogens with one attached hydrogen (secondary N) is 2. The van der Waals surface area contributed by atoms with Crippen LogP contribution in [0.1, 0.15) is 30.3 Å². The summed E-state index contributed by atoms with van der Waals surface area (Å²) in [4.78, 5) is 12.2. The maximum absolute atomic E-state index is 11.1. The highest BCUT2D eigenvalue weighted by atomic mass is 32.1. The van der Waals surface area contributed by atoms with Gasteiger partial charge in [-0.1, -0.05) is 30.3 Å². The van der Waals surface area contributed by atoms with Crippen molar-refractivity contribution in [3.8, 4) is 0 Å². The third-order valence-corrected chi connectivity index (χ3v) is 3.85. The van der Waals surface area contributed by atoms with E-state index >= 15 is 0 Å². The van der Waals surface area contributed by atoms with E-state index in [4.69, 9.17) is 0 Å². The van der Waals surface area contributed by atoms with E-state index in [9.17, 15) is 4.79 Å². The van der Waals surface area contributed by atoms with Crippen LogP contribution in [0.4, 0.5) is 5.69 Å². The number of carbonyl (C=O) groups is 1. The Kier molecular flexibility index (Phi) is 4.71. The van der Waals surface area contributed by atoms with Gasteiger partial charge < -0.3 is 10.6 Å². The summed E-state index contributed by atoms with van der Waals surface area (Å²) < 4.78 is 0. The zero-order valence-electron chi connectivity index (χ0n) is 11.1. The molecule has 19 heavy (non-hydrogen) atoms. The Morgan fingerprint density at radius 1 is 1.26 bits per heavy atom. The molecule has 1 amide bonds. The summed E-state index contributed by atoms with van der Waals surface area (Å²) in [5.41, 5.74) is 2.17. The van der Waals surface area contributed by atoms with E-state index in [2.05, 4.69) is 29.7 Å². The second-order valence-corrected chi connectivity index (χ2v) is 5.45. The summed E-state index contributed by atoms with van der Waals surface area (Å²) in [5.74, 6) is -0.0317. The Balaban J connectivity index is 1.95. The van der Waals surface area contributed by atoms with Gasteiger partial charge in [0.15, 0.2) is 0 Å². The summed E-state index contributed by atoms with van der Waals surface area (Å²) >= 11 is 1.65. The lowest BCUT2D eigenvalue weighted by atomic mass is 10.1. The van der Waals surface area contributed by atoms with Crippen LogP contribution in [-0.2, 0) is 11.3 Å². The van der Waals surface area contributed by atoms with Crippen molar-refractivity contribution in [2.45, 2.75) is 26.4 Å². The van der Waals surface area contributed by atoms with Crippen molar-refractivity contribution in [2.24, 2.45) is 0 Å². The summed E-state index contributed by atoms with van der Waals surface area (Å²) in [6.45, 7) is 4.42. The summed E-state index contributed by atoms with van der Waals surface area (Å²) in [5, 5.41) is 8.32. The predicted molar refractivity (Wildman–Crippen MR) is 80.3 cm³/mol. The van der Waals surface area contributed by atoms with Crippen LogP contribution < -0.4 is 10.6 Å². The molecule has 0 bridgehead atoms. The molecule has 2 rings (SSSR count). The van der Waals surface area contributed by atoms with Gasteiger partial charge in [0.05, 0.1) is 5.69 Å². The van der Waals surface area contributed by atoms with Gasteiger partial charge in [-0.2, -0.15) is 0 Å². The van der Waals surface area contributed by atoms with E-state index in [1.54, 1.807) is 11.3 Å². The predicted octanol–water partition coefficient (Wildman–Crippen LogP) is 3.56. The molecule has 0 aliphatic heterocycles. The van der Waals surface area contributed by atoms with Crippen LogP contribution >= 0.6 is 11.3 Å². The first-order valence-corrected chi connectivity index (χ1v) is 7.17. The molecule has 0 fully saturated rings. The quantitative estimate of drug-likeness (QED) is 0.875. The van der Waals surface area contributed by atoms with Crippen LogP contribution in [0.2, 0.25) is 0 Å². The molecule has 0 saturated carbocycles. The average Bonchev–Trinajstić information content (AvgIpc) is 2.83. The highest BCUT2D eigenvalue weighted by Crippen LogP contribution is 2.23. The van der Waals surface area contributed by atoms with E-state index in [1.807, 2.05) is 29.6 Å². The lowest BCUT2D eigenvalue weighted by molar-refractivity contribution is -0.114. The molecule has 0 radical (unpaired) electrons. The largest absolute Gasteiger partial charge is 0.325 e. The third-order valence-electron chi connectivity index (χ3n) is 2.92. The first kappa shape index (κ1) is 13.8. The van der Waals surface area contributed by atoms with Gasteiger partial charge >= 0.3 is 0 Å². The van der Waals surface area contributed by atoms with Gasteiger partial charge in [0.25, 0.3) is 0 Å². The minimum atomic E-state index is -0.0317. The van der Waals surface area contributed by atoms with Gasteiger partial charge in [-0.15, -0.1) is 11.3 Å². The van der Waals surface area contributed by atoms with Crippen molar-refractivity contribution in [1.82, 2.24) is 5.32 Å². The van der Waals surface area contributed by atoms with Crippen molar-refractivity contribution < 1.29 is 4.79 Å². The number of hydrogen-bond acceptors (Lipinski definition) is 3. The van der Waals surface area contributed by atoms with Crippen LogP contribution in [0.15, 0.2) is 41.8 Å². The standard InChI is InChI=1S/C15H18N2OS/c1-11(13-6-4-3-5-7-13)16-10-15-14(8-9-19-15)17-12(2)18/h3-9,11,16H,10H2,1-2H3,(H,17,18)/t11-/m1/s1. The molecular weight excluding hydrogens is 256 g/mol. The molecule has 4 heteroatoms. The maximum atomic E-state index is 11.1. The fourth-order valence-electron chi connectivity index (χ4n) is 1.88.